The molecule has 0 amide bonds. The van der Waals surface area contributed by atoms with E-state index in [0.29, 0.717) is 23.0 Å². The summed E-state index contributed by atoms with van der Waals surface area (Å²) in [6, 6.07) is 5.33. The van der Waals surface area contributed by atoms with Crippen LogP contribution in [-0.4, -0.2) is 49.8 Å². The fraction of sp³-hybridized carbons (Fsp3) is 0.588. The minimum absolute atomic E-state index is 0. The maximum absolute atomic E-state index is 10.4. The molecule has 0 bridgehead atoms. The van der Waals surface area contributed by atoms with Gasteiger partial charge in [-0.25, -0.2) is 0 Å². The van der Waals surface area contributed by atoms with E-state index in [2.05, 4.69) is 9.89 Å². The van der Waals surface area contributed by atoms with Crippen LogP contribution in [-0.2, 0) is 0 Å². The summed E-state index contributed by atoms with van der Waals surface area (Å²) in [5.74, 6) is 1.80. The predicted octanol–water partition coefficient (Wildman–Crippen LogP) is 2.55. The Hall–Kier alpha value is -1.22. The fourth-order valence-corrected chi connectivity index (χ4v) is 2.71. The molecular formula is C17H28IN3O3. The van der Waals surface area contributed by atoms with Crippen LogP contribution in [0.4, 0.5) is 0 Å². The number of nitrogens with two attached hydrogens (primary N) is 1. The lowest BCUT2D eigenvalue weighted by Crippen LogP contribution is -2.38. The molecule has 1 aliphatic rings. The van der Waals surface area contributed by atoms with Crippen molar-refractivity contribution in [3.8, 4) is 11.5 Å². The molecule has 1 aliphatic heterocycles. The number of likely N-dealkylation sites (tertiary alicyclic amines) is 1. The largest absolute Gasteiger partial charge is 0.497 e. The van der Waals surface area contributed by atoms with E-state index in [0.717, 1.165) is 25.9 Å². The zero-order chi connectivity index (χ0) is 16.7. The second kappa shape index (κ2) is 10.6. The summed E-state index contributed by atoms with van der Waals surface area (Å²) in [7, 11) is 3.17. The molecule has 0 aliphatic carbocycles. The highest BCUT2D eigenvalue weighted by Crippen LogP contribution is 2.26. The van der Waals surface area contributed by atoms with E-state index < -0.39 is 6.10 Å². The Balaban J connectivity index is 0.00000288. The SMILES string of the molecule is COc1cc(OC)cc(C(O)CN=C(N)N2CCCCCC2)c1.I. The molecule has 2 rings (SSSR count). The molecule has 0 spiro atoms. The molecule has 1 fully saturated rings. The number of benzene rings is 1. The van der Waals surface area contributed by atoms with Gasteiger partial charge in [0.25, 0.3) is 0 Å². The number of guanidine groups is 1. The number of aliphatic imine (C=N–C) groups is 1. The number of hydrogen-bond donors (Lipinski definition) is 2. The second-order valence-corrected chi connectivity index (χ2v) is 5.76. The average Bonchev–Trinajstić information content (AvgIpc) is 2.88. The highest BCUT2D eigenvalue weighted by atomic mass is 127. The summed E-state index contributed by atoms with van der Waals surface area (Å²) in [5, 5.41) is 10.4. The van der Waals surface area contributed by atoms with Crippen molar-refractivity contribution in [2.45, 2.75) is 31.8 Å². The van der Waals surface area contributed by atoms with Gasteiger partial charge in [0.1, 0.15) is 11.5 Å². The van der Waals surface area contributed by atoms with Crippen LogP contribution in [0.3, 0.4) is 0 Å². The molecule has 0 aromatic heterocycles. The Morgan fingerprint density at radius 3 is 2.17 bits per heavy atom. The van der Waals surface area contributed by atoms with E-state index in [9.17, 15) is 5.11 Å². The zero-order valence-corrected chi connectivity index (χ0v) is 16.7. The normalized spacial score (nSPS) is 16.8. The monoisotopic (exact) mass is 449 g/mol. The summed E-state index contributed by atoms with van der Waals surface area (Å²) in [4.78, 5) is 6.47. The third-order valence-electron chi connectivity index (χ3n) is 4.11. The molecule has 1 heterocycles. The molecule has 1 unspecified atom stereocenters. The van der Waals surface area contributed by atoms with Crippen molar-refractivity contribution in [1.29, 1.82) is 0 Å². The first-order valence-corrected chi connectivity index (χ1v) is 8.10. The van der Waals surface area contributed by atoms with Crippen LogP contribution in [0, 0.1) is 0 Å². The lowest BCUT2D eigenvalue weighted by Gasteiger charge is -2.21. The van der Waals surface area contributed by atoms with Gasteiger partial charge in [-0.05, 0) is 30.5 Å². The zero-order valence-electron chi connectivity index (χ0n) is 14.4. The van der Waals surface area contributed by atoms with Crippen LogP contribution in [0.2, 0.25) is 0 Å². The van der Waals surface area contributed by atoms with E-state index in [1.807, 2.05) is 0 Å². The number of ether oxygens (including phenoxy) is 2. The molecule has 0 radical (unpaired) electrons. The fourth-order valence-electron chi connectivity index (χ4n) is 2.71. The van der Waals surface area contributed by atoms with Gasteiger partial charge in [0, 0.05) is 19.2 Å². The molecule has 6 nitrogen and oxygen atoms in total. The van der Waals surface area contributed by atoms with Crippen LogP contribution in [0.25, 0.3) is 0 Å². The van der Waals surface area contributed by atoms with Crippen molar-refractivity contribution in [2.75, 3.05) is 33.9 Å². The first-order chi connectivity index (χ1) is 11.1. The predicted molar refractivity (Wildman–Crippen MR) is 106 cm³/mol. The van der Waals surface area contributed by atoms with Gasteiger partial charge >= 0.3 is 0 Å². The molecule has 1 atom stereocenters. The van der Waals surface area contributed by atoms with Crippen molar-refractivity contribution < 1.29 is 14.6 Å². The topological polar surface area (TPSA) is 80.3 Å². The van der Waals surface area contributed by atoms with Gasteiger partial charge in [-0.1, -0.05) is 12.8 Å². The van der Waals surface area contributed by atoms with E-state index >= 15 is 0 Å². The van der Waals surface area contributed by atoms with E-state index in [-0.39, 0.29) is 30.5 Å². The van der Waals surface area contributed by atoms with Crippen LogP contribution in [0.1, 0.15) is 37.4 Å². The van der Waals surface area contributed by atoms with Crippen molar-refractivity contribution in [1.82, 2.24) is 4.90 Å². The smallest absolute Gasteiger partial charge is 0.191 e. The second-order valence-electron chi connectivity index (χ2n) is 5.76. The Labute approximate surface area is 161 Å². The third kappa shape index (κ3) is 6.01. The van der Waals surface area contributed by atoms with Crippen LogP contribution in [0.5, 0.6) is 11.5 Å². The molecule has 3 N–H and O–H groups in total. The Kier molecular flexibility index (Phi) is 9.20. The lowest BCUT2D eigenvalue weighted by molar-refractivity contribution is 0.185. The van der Waals surface area contributed by atoms with Gasteiger partial charge in [0.15, 0.2) is 5.96 Å². The number of rotatable bonds is 5. The van der Waals surface area contributed by atoms with Gasteiger partial charge < -0.3 is 25.2 Å². The molecular weight excluding hydrogens is 421 g/mol. The van der Waals surface area contributed by atoms with Crippen LogP contribution < -0.4 is 15.2 Å². The molecule has 0 saturated carbocycles. The first kappa shape index (κ1) is 20.8. The first-order valence-electron chi connectivity index (χ1n) is 8.10. The van der Waals surface area contributed by atoms with Crippen LogP contribution in [0.15, 0.2) is 23.2 Å². The number of methoxy groups -OCH3 is 2. The molecule has 1 aromatic carbocycles. The number of halogens is 1. The van der Waals surface area contributed by atoms with Gasteiger partial charge in [0.2, 0.25) is 0 Å². The molecule has 24 heavy (non-hydrogen) atoms. The Morgan fingerprint density at radius 1 is 1.12 bits per heavy atom. The van der Waals surface area contributed by atoms with Crippen molar-refractivity contribution in [3.05, 3.63) is 23.8 Å². The van der Waals surface area contributed by atoms with Gasteiger partial charge in [0.05, 0.1) is 26.9 Å². The van der Waals surface area contributed by atoms with Crippen molar-refractivity contribution >= 4 is 29.9 Å². The Bertz CT molecular complexity index is 510. The molecule has 1 saturated heterocycles. The van der Waals surface area contributed by atoms with Gasteiger partial charge in [-0.2, -0.15) is 0 Å². The summed E-state index contributed by atoms with van der Waals surface area (Å²) >= 11 is 0. The summed E-state index contributed by atoms with van der Waals surface area (Å²) in [5.41, 5.74) is 6.77. The highest BCUT2D eigenvalue weighted by Gasteiger charge is 2.14. The lowest BCUT2D eigenvalue weighted by atomic mass is 10.1. The minimum atomic E-state index is -0.746. The van der Waals surface area contributed by atoms with Gasteiger partial charge in [-0.15, -0.1) is 24.0 Å². The van der Waals surface area contributed by atoms with Crippen LogP contribution >= 0.6 is 24.0 Å². The molecule has 1 aromatic rings. The number of aliphatic hydroxyl groups is 1. The van der Waals surface area contributed by atoms with E-state index in [1.165, 1.54) is 12.8 Å². The number of hydrogen-bond acceptors (Lipinski definition) is 4. The number of nitrogens with zero attached hydrogens (tertiary/aromatic N) is 2. The highest BCUT2D eigenvalue weighted by molar-refractivity contribution is 14.0. The van der Waals surface area contributed by atoms with Gasteiger partial charge in [-0.3, -0.25) is 4.99 Å². The van der Waals surface area contributed by atoms with Crippen molar-refractivity contribution in [2.24, 2.45) is 10.7 Å². The minimum Gasteiger partial charge on any atom is -0.497 e. The van der Waals surface area contributed by atoms with E-state index in [1.54, 1.807) is 32.4 Å². The quantitative estimate of drug-likeness (QED) is 0.411. The third-order valence-corrected chi connectivity index (χ3v) is 4.11. The summed E-state index contributed by atoms with van der Waals surface area (Å²) < 4.78 is 10.4. The molecule has 7 heteroatoms. The number of aliphatic hydroxyl groups excluding tert-OH is 1. The van der Waals surface area contributed by atoms with E-state index in [4.69, 9.17) is 15.2 Å². The summed E-state index contributed by atoms with van der Waals surface area (Å²) in [6.07, 6.45) is 4.04. The summed E-state index contributed by atoms with van der Waals surface area (Å²) in [6.45, 7) is 2.11. The average molecular weight is 449 g/mol. The maximum Gasteiger partial charge on any atom is 0.191 e. The van der Waals surface area contributed by atoms with Crippen molar-refractivity contribution in [3.63, 3.8) is 0 Å². The Morgan fingerprint density at radius 2 is 1.67 bits per heavy atom. The maximum atomic E-state index is 10.4. The molecule has 136 valence electrons. The standard InChI is InChI=1S/C17H27N3O3.HI/c1-22-14-9-13(10-15(11-14)23-2)16(21)12-19-17(18)20-7-5-3-4-6-8-20;/h9-11,16,21H,3-8,12H2,1-2H3,(H2,18,19);1H.